The number of aliphatic hydroxyl groups is 11. The molecule has 0 aromatic carbocycles. The highest BCUT2D eigenvalue weighted by atomic mass is 16.8. The SMILES string of the molecule is CC/C=C\C/C=C\C/C=C\C/C=C\C/C=C\C/C=C\C/C=C\CCCCCCCCCC(=O)NC(COC1OC(CO)C(OC2OC(CO)C(OC3OC(CO)C(O)C(O)C3O)C(O)C2O)C(O)C1O)C(O)/C=C/CC/C=C/CCCCCCCCCCCC. The summed E-state index contributed by atoms with van der Waals surface area (Å²) in [6.45, 7) is 1.57. The minimum atomic E-state index is -1.99. The van der Waals surface area contributed by atoms with Crippen LogP contribution in [0.5, 0.6) is 0 Å². The average molecular weight is 1270 g/mol. The number of carbonyl (C=O) groups excluding carboxylic acids is 1. The van der Waals surface area contributed by atoms with Crippen LogP contribution in [0.3, 0.4) is 0 Å². The molecule has 0 spiro atoms. The number of hydrogen-bond acceptors (Lipinski definition) is 18. The van der Waals surface area contributed by atoms with Gasteiger partial charge in [-0.3, -0.25) is 4.79 Å². The molecule has 1 amide bonds. The van der Waals surface area contributed by atoms with E-state index < -0.39 is 124 Å². The molecular formula is C71H119NO18. The topological polar surface area (TPSA) is 307 Å². The van der Waals surface area contributed by atoms with Gasteiger partial charge in [-0.1, -0.05) is 213 Å². The van der Waals surface area contributed by atoms with Crippen molar-refractivity contribution in [2.45, 2.75) is 304 Å². The molecule has 3 saturated heterocycles. The van der Waals surface area contributed by atoms with Gasteiger partial charge in [0.2, 0.25) is 5.91 Å². The fraction of sp³-hybridized carbons (Fsp3) is 0.732. The molecule has 17 unspecified atom stereocenters. The van der Waals surface area contributed by atoms with Gasteiger partial charge in [0.05, 0.1) is 38.6 Å². The maximum Gasteiger partial charge on any atom is 0.220 e. The lowest BCUT2D eigenvalue weighted by Crippen LogP contribution is -2.66. The smallest absolute Gasteiger partial charge is 0.220 e. The first-order chi connectivity index (χ1) is 43.8. The Morgan fingerprint density at radius 3 is 1.24 bits per heavy atom. The molecule has 0 aromatic rings. The van der Waals surface area contributed by atoms with E-state index in [1.54, 1.807) is 6.08 Å². The van der Waals surface area contributed by atoms with Crippen LogP contribution in [-0.2, 0) is 33.2 Å². The van der Waals surface area contributed by atoms with Crippen molar-refractivity contribution in [1.29, 1.82) is 0 Å². The molecule has 3 heterocycles. The first kappa shape index (κ1) is 80.7. The number of hydrogen-bond donors (Lipinski definition) is 12. The molecule has 516 valence electrons. The summed E-state index contributed by atoms with van der Waals surface area (Å²) in [6.07, 6.45) is 42.0. The van der Waals surface area contributed by atoms with Crippen LogP contribution in [0.2, 0.25) is 0 Å². The fourth-order valence-electron chi connectivity index (χ4n) is 10.8. The number of aliphatic hydroxyl groups excluding tert-OH is 11. The first-order valence-corrected chi connectivity index (χ1v) is 34.1. The normalized spacial score (nSPS) is 28.7. The highest BCUT2D eigenvalue weighted by Crippen LogP contribution is 2.33. The molecule has 12 N–H and O–H groups in total. The van der Waals surface area contributed by atoms with E-state index in [2.05, 4.69) is 116 Å². The van der Waals surface area contributed by atoms with Crippen molar-refractivity contribution in [2.24, 2.45) is 0 Å². The molecule has 3 aliphatic rings. The van der Waals surface area contributed by atoms with Gasteiger partial charge < -0.3 is 89.9 Å². The molecule has 19 heteroatoms. The van der Waals surface area contributed by atoms with Crippen molar-refractivity contribution >= 4 is 5.91 Å². The molecule has 0 saturated carbocycles. The maximum atomic E-state index is 13.4. The average Bonchev–Trinajstić information content (AvgIpc) is 1.05. The van der Waals surface area contributed by atoms with Crippen molar-refractivity contribution in [3.63, 3.8) is 0 Å². The van der Waals surface area contributed by atoms with Gasteiger partial charge in [0.1, 0.15) is 73.2 Å². The summed E-state index contributed by atoms with van der Waals surface area (Å²) in [7, 11) is 0. The number of unbranched alkanes of at least 4 members (excludes halogenated alkanes) is 18. The lowest BCUT2D eigenvalue weighted by molar-refractivity contribution is -0.379. The highest BCUT2D eigenvalue weighted by Gasteiger charge is 2.53. The van der Waals surface area contributed by atoms with Gasteiger partial charge in [0, 0.05) is 6.42 Å². The number of ether oxygens (including phenoxy) is 6. The zero-order chi connectivity index (χ0) is 65.4. The van der Waals surface area contributed by atoms with E-state index >= 15 is 0 Å². The van der Waals surface area contributed by atoms with Gasteiger partial charge in [-0.25, -0.2) is 0 Å². The molecule has 3 aliphatic heterocycles. The van der Waals surface area contributed by atoms with Crippen LogP contribution >= 0.6 is 0 Å². The number of amides is 1. The third-order valence-corrected chi connectivity index (χ3v) is 16.3. The van der Waals surface area contributed by atoms with Gasteiger partial charge in [-0.05, 0) is 89.9 Å². The Bertz CT molecular complexity index is 2060. The number of nitrogens with one attached hydrogen (secondary N) is 1. The summed E-state index contributed by atoms with van der Waals surface area (Å²) in [4.78, 5) is 13.4. The summed E-state index contributed by atoms with van der Waals surface area (Å²) in [6, 6.07) is -1.00. The Morgan fingerprint density at radius 2 is 0.778 bits per heavy atom. The van der Waals surface area contributed by atoms with Gasteiger partial charge in [-0.2, -0.15) is 0 Å². The Hall–Kier alpha value is -3.55. The molecule has 0 radical (unpaired) electrons. The van der Waals surface area contributed by atoms with Gasteiger partial charge in [0.15, 0.2) is 18.9 Å². The zero-order valence-electron chi connectivity index (χ0n) is 54.3. The van der Waals surface area contributed by atoms with E-state index in [1.807, 2.05) is 6.08 Å². The van der Waals surface area contributed by atoms with E-state index in [4.69, 9.17) is 28.4 Å². The summed E-state index contributed by atoms with van der Waals surface area (Å²) >= 11 is 0. The quantitative estimate of drug-likeness (QED) is 0.0200. The second-order valence-corrected chi connectivity index (χ2v) is 23.9. The van der Waals surface area contributed by atoms with Gasteiger partial charge >= 0.3 is 0 Å². The Morgan fingerprint density at radius 1 is 0.411 bits per heavy atom. The third kappa shape index (κ3) is 33.5. The van der Waals surface area contributed by atoms with Crippen LogP contribution in [-0.4, -0.2) is 193 Å². The Labute approximate surface area is 538 Å². The van der Waals surface area contributed by atoms with Crippen LogP contribution in [0, 0.1) is 0 Å². The largest absolute Gasteiger partial charge is 0.394 e. The van der Waals surface area contributed by atoms with Gasteiger partial charge in [0.25, 0.3) is 0 Å². The summed E-state index contributed by atoms with van der Waals surface area (Å²) < 4.78 is 34.3. The van der Waals surface area contributed by atoms with E-state index in [-0.39, 0.29) is 18.9 Å². The molecule has 90 heavy (non-hydrogen) atoms. The van der Waals surface area contributed by atoms with Crippen LogP contribution in [0.4, 0.5) is 0 Å². The van der Waals surface area contributed by atoms with E-state index in [0.717, 1.165) is 109 Å². The van der Waals surface area contributed by atoms with Crippen molar-refractivity contribution in [3.8, 4) is 0 Å². The predicted octanol–water partition coefficient (Wildman–Crippen LogP) is 8.66. The van der Waals surface area contributed by atoms with E-state index in [9.17, 15) is 61.0 Å². The first-order valence-electron chi connectivity index (χ1n) is 34.1. The summed E-state index contributed by atoms with van der Waals surface area (Å²) in [5, 5.41) is 120. The minimum absolute atomic E-state index is 0.215. The summed E-state index contributed by atoms with van der Waals surface area (Å²) in [5.41, 5.74) is 0. The number of allylic oxidation sites excluding steroid dienone is 17. The Balaban J connectivity index is 1.44. The molecule has 17 atom stereocenters. The molecule has 19 nitrogen and oxygen atoms in total. The van der Waals surface area contributed by atoms with E-state index in [1.165, 1.54) is 57.8 Å². The minimum Gasteiger partial charge on any atom is -0.394 e. The van der Waals surface area contributed by atoms with Crippen LogP contribution in [0.25, 0.3) is 0 Å². The van der Waals surface area contributed by atoms with Crippen molar-refractivity contribution < 1.29 is 89.4 Å². The molecule has 0 bridgehead atoms. The van der Waals surface area contributed by atoms with Gasteiger partial charge in [-0.15, -0.1) is 0 Å². The van der Waals surface area contributed by atoms with E-state index in [0.29, 0.717) is 12.8 Å². The second-order valence-electron chi connectivity index (χ2n) is 23.9. The molecule has 3 rings (SSSR count). The molecule has 0 aromatic heterocycles. The number of carbonyl (C=O) groups is 1. The Kier molecular flexibility index (Phi) is 46.5. The van der Waals surface area contributed by atoms with Crippen LogP contribution in [0.15, 0.2) is 109 Å². The zero-order valence-corrected chi connectivity index (χ0v) is 54.3. The number of rotatable bonds is 50. The molecule has 0 aliphatic carbocycles. The van der Waals surface area contributed by atoms with Crippen LogP contribution in [0.1, 0.15) is 200 Å². The standard InChI is InChI=1S/C71H119NO18/c1-3-5-7-9-11-13-15-17-19-21-22-23-24-25-26-27-28-29-30-31-32-33-35-37-39-41-43-45-47-49-59(77)72-54(55(76)48-46-44-42-40-38-36-34-20-18-16-14-12-10-8-6-4-2)53-85-69-65(83)62(80)67(57(51-74)87-69)90-71-66(84)63(81)68(58(52-75)88-71)89-70-64(82)61(79)60(78)56(50-73)86-70/h5,7,11,13,17,19,22-23,25-26,28-29,31-32,38,40,46,48,54-58,60-71,73-76,78-84H,3-4,6,8-10,12,14-16,18,20-21,24,27,30,33-37,39,41-45,47,49-53H2,1-2H3,(H,72,77)/b7-5-,13-11-,19-17-,23-22-,26-25-,29-28-,32-31-,40-38+,48-46+. The molecule has 3 fully saturated rings. The van der Waals surface area contributed by atoms with Crippen molar-refractivity contribution in [3.05, 3.63) is 109 Å². The predicted molar refractivity (Wildman–Crippen MR) is 350 cm³/mol. The van der Waals surface area contributed by atoms with Crippen molar-refractivity contribution in [2.75, 3.05) is 26.4 Å². The van der Waals surface area contributed by atoms with Crippen molar-refractivity contribution in [1.82, 2.24) is 5.32 Å². The van der Waals surface area contributed by atoms with Crippen LogP contribution < -0.4 is 5.32 Å². The maximum absolute atomic E-state index is 13.4. The molecular weight excluding hydrogens is 1150 g/mol. The third-order valence-electron chi connectivity index (χ3n) is 16.3. The lowest BCUT2D eigenvalue weighted by Gasteiger charge is -2.48. The monoisotopic (exact) mass is 1270 g/mol. The lowest BCUT2D eigenvalue weighted by atomic mass is 9.96. The summed E-state index contributed by atoms with van der Waals surface area (Å²) in [5.74, 6) is -0.302. The fourth-order valence-corrected chi connectivity index (χ4v) is 10.8. The second kappa shape index (κ2) is 51.8. The highest BCUT2D eigenvalue weighted by molar-refractivity contribution is 5.76.